The smallest absolute Gasteiger partial charge is 0.335 e. The van der Waals surface area contributed by atoms with E-state index in [1.165, 1.54) is 5.57 Å². The highest BCUT2D eigenvalue weighted by molar-refractivity contribution is 5.90. The van der Waals surface area contributed by atoms with E-state index in [1.54, 1.807) is 12.1 Å². The third-order valence-electron chi connectivity index (χ3n) is 4.03. The first-order valence-corrected chi connectivity index (χ1v) is 8.89. The molecule has 1 aliphatic rings. The maximum absolute atomic E-state index is 11.4. The van der Waals surface area contributed by atoms with E-state index in [-0.39, 0.29) is 5.56 Å². The zero-order valence-electron chi connectivity index (χ0n) is 15.9. The summed E-state index contributed by atoms with van der Waals surface area (Å²) in [5.41, 5.74) is 2.96. The van der Waals surface area contributed by atoms with Crippen molar-refractivity contribution in [3.63, 3.8) is 0 Å². The standard InChI is InChI=1S/C22H27NO3/c1-5-19(11-10-15(2)3)26-21-16(4)12-18(22(24)25)13-20(21)23-14-17-8-6-7-9-17/h5-8,10-13,15,23H,9,14H2,1-4H3,(H,24,25)/b11-10-,19-5+. The van der Waals surface area contributed by atoms with Gasteiger partial charge in [0.05, 0.1) is 11.3 Å². The zero-order chi connectivity index (χ0) is 19.1. The molecule has 2 N–H and O–H groups in total. The number of allylic oxidation sites excluding steroid dienone is 6. The van der Waals surface area contributed by atoms with E-state index >= 15 is 0 Å². The van der Waals surface area contributed by atoms with Crippen molar-refractivity contribution in [3.8, 4) is 5.75 Å². The summed E-state index contributed by atoms with van der Waals surface area (Å²) in [4.78, 5) is 11.4. The summed E-state index contributed by atoms with van der Waals surface area (Å²) in [6.45, 7) is 8.64. The summed E-state index contributed by atoms with van der Waals surface area (Å²) in [6, 6.07) is 3.27. The fourth-order valence-electron chi connectivity index (χ4n) is 2.59. The minimum atomic E-state index is -0.949. The van der Waals surface area contributed by atoms with E-state index < -0.39 is 5.97 Å². The quantitative estimate of drug-likeness (QED) is 0.479. The fraction of sp³-hybridized carbons (Fsp3) is 0.318. The van der Waals surface area contributed by atoms with Crippen molar-refractivity contribution in [1.29, 1.82) is 0 Å². The molecule has 0 aliphatic heterocycles. The molecular weight excluding hydrogens is 326 g/mol. The van der Waals surface area contributed by atoms with Crippen LogP contribution in [-0.4, -0.2) is 17.6 Å². The van der Waals surface area contributed by atoms with Gasteiger partial charge in [-0.25, -0.2) is 4.79 Å². The molecule has 1 aromatic carbocycles. The molecule has 0 spiro atoms. The fourth-order valence-corrected chi connectivity index (χ4v) is 2.59. The van der Waals surface area contributed by atoms with Crippen LogP contribution in [0.25, 0.3) is 0 Å². The maximum Gasteiger partial charge on any atom is 0.335 e. The first kappa shape index (κ1) is 19.6. The van der Waals surface area contributed by atoms with Crippen molar-refractivity contribution in [1.82, 2.24) is 0 Å². The van der Waals surface area contributed by atoms with Crippen LogP contribution < -0.4 is 10.1 Å². The Morgan fingerprint density at radius 2 is 2.15 bits per heavy atom. The van der Waals surface area contributed by atoms with Gasteiger partial charge in [0.2, 0.25) is 0 Å². The van der Waals surface area contributed by atoms with E-state index in [2.05, 4.69) is 37.4 Å². The van der Waals surface area contributed by atoms with Crippen molar-refractivity contribution in [2.24, 2.45) is 5.92 Å². The van der Waals surface area contributed by atoms with E-state index in [0.29, 0.717) is 23.9 Å². The van der Waals surface area contributed by atoms with Crippen molar-refractivity contribution in [2.75, 3.05) is 11.9 Å². The lowest BCUT2D eigenvalue weighted by atomic mass is 10.1. The van der Waals surface area contributed by atoms with Gasteiger partial charge in [0.1, 0.15) is 5.76 Å². The molecule has 0 saturated heterocycles. The molecule has 0 fully saturated rings. The third-order valence-corrected chi connectivity index (χ3v) is 4.03. The number of rotatable bonds is 8. The Hall–Kier alpha value is -2.75. The number of nitrogens with one attached hydrogen (secondary N) is 1. The van der Waals surface area contributed by atoms with Crippen LogP contribution in [0.1, 0.15) is 43.1 Å². The molecular formula is C22H27NO3. The van der Waals surface area contributed by atoms with Gasteiger partial charge in [-0.1, -0.05) is 38.2 Å². The molecule has 0 atom stereocenters. The van der Waals surface area contributed by atoms with Gasteiger partial charge in [0, 0.05) is 6.54 Å². The van der Waals surface area contributed by atoms with Gasteiger partial charge >= 0.3 is 5.97 Å². The predicted molar refractivity (Wildman–Crippen MR) is 107 cm³/mol. The number of benzene rings is 1. The number of carboxylic acid groups (broad SMARTS) is 1. The van der Waals surface area contributed by atoms with E-state index in [0.717, 1.165) is 17.7 Å². The van der Waals surface area contributed by atoms with E-state index in [1.807, 2.05) is 32.1 Å². The Labute approximate surface area is 155 Å². The molecule has 4 heteroatoms. The number of carbonyl (C=O) groups is 1. The lowest BCUT2D eigenvalue weighted by molar-refractivity contribution is 0.0697. The van der Waals surface area contributed by atoms with Crippen molar-refractivity contribution in [3.05, 3.63) is 71.0 Å². The second kappa shape index (κ2) is 9.09. The minimum Gasteiger partial charge on any atom is -0.478 e. The van der Waals surface area contributed by atoms with Gasteiger partial charge in [-0.15, -0.1) is 0 Å². The molecule has 1 aliphatic carbocycles. The first-order valence-electron chi connectivity index (χ1n) is 8.89. The van der Waals surface area contributed by atoms with E-state index in [4.69, 9.17) is 4.74 Å². The molecule has 26 heavy (non-hydrogen) atoms. The van der Waals surface area contributed by atoms with Crippen LogP contribution in [0.2, 0.25) is 0 Å². The molecule has 0 aromatic heterocycles. The summed E-state index contributed by atoms with van der Waals surface area (Å²) >= 11 is 0. The summed E-state index contributed by atoms with van der Waals surface area (Å²) in [5.74, 6) is 0.858. The number of aryl methyl sites for hydroxylation is 1. The topological polar surface area (TPSA) is 58.6 Å². The Morgan fingerprint density at radius 1 is 1.38 bits per heavy atom. The molecule has 0 unspecified atom stereocenters. The van der Waals surface area contributed by atoms with Crippen LogP contribution in [-0.2, 0) is 0 Å². The predicted octanol–water partition coefficient (Wildman–Crippen LogP) is 5.49. The lowest BCUT2D eigenvalue weighted by Gasteiger charge is -2.17. The van der Waals surface area contributed by atoms with Gasteiger partial charge in [-0.3, -0.25) is 0 Å². The highest BCUT2D eigenvalue weighted by Gasteiger charge is 2.15. The number of ether oxygens (including phenoxy) is 1. The average molecular weight is 353 g/mol. The van der Waals surface area contributed by atoms with E-state index in [9.17, 15) is 9.90 Å². The summed E-state index contributed by atoms with van der Waals surface area (Å²) in [6.07, 6.45) is 13.0. The van der Waals surface area contributed by atoms with Gasteiger partial charge in [-0.2, -0.15) is 0 Å². The first-order chi connectivity index (χ1) is 12.4. The number of hydrogen-bond acceptors (Lipinski definition) is 3. The van der Waals surface area contributed by atoms with Gasteiger partial charge in [-0.05, 0) is 61.6 Å². The van der Waals surface area contributed by atoms with Gasteiger partial charge < -0.3 is 15.2 Å². The van der Waals surface area contributed by atoms with Crippen molar-refractivity contribution >= 4 is 11.7 Å². The number of hydrogen-bond donors (Lipinski definition) is 2. The Morgan fingerprint density at radius 3 is 2.73 bits per heavy atom. The molecule has 0 amide bonds. The SMILES string of the molecule is C/C=C(\C=C/C(C)C)Oc1c(C)cc(C(=O)O)cc1NCC1=CC=CC1. The third kappa shape index (κ3) is 5.38. The van der Waals surface area contributed by atoms with Crippen LogP contribution in [0.3, 0.4) is 0 Å². The van der Waals surface area contributed by atoms with Crippen LogP contribution in [0, 0.1) is 12.8 Å². The summed E-state index contributed by atoms with van der Waals surface area (Å²) in [7, 11) is 0. The zero-order valence-corrected chi connectivity index (χ0v) is 15.9. The monoisotopic (exact) mass is 353 g/mol. The highest BCUT2D eigenvalue weighted by atomic mass is 16.5. The van der Waals surface area contributed by atoms with Crippen LogP contribution >= 0.6 is 0 Å². The molecule has 0 heterocycles. The maximum atomic E-state index is 11.4. The van der Waals surface area contributed by atoms with Gasteiger partial charge in [0.15, 0.2) is 5.75 Å². The number of anilines is 1. The summed E-state index contributed by atoms with van der Waals surface area (Å²) < 4.78 is 6.11. The molecule has 2 rings (SSSR count). The molecule has 4 nitrogen and oxygen atoms in total. The molecule has 1 aromatic rings. The highest BCUT2D eigenvalue weighted by Crippen LogP contribution is 2.33. The Kier molecular flexibility index (Phi) is 6.84. The normalized spacial score (nSPS) is 14.2. The van der Waals surface area contributed by atoms with Crippen LogP contribution in [0.15, 0.2) is 59.9 Å². The second-order valence-electron chi connectivity index (χ2n) is 6.68. The van der Waals surface area contributed by atoms with Crippen molar-refractivity contribution in [2.45, 2.75) is 34.1 Å². The average Bonchev–Trinajstić information content (AvgIpc) is 3.11. The van der Waals surface area contributed by atoms with Crippen LogP contribution in [0.5, 0.6) is 5.75 Å². The lowest BCUT2D eigenvalue weighted by Crippen LogP contribution is -2.09. The number of aromatic carboxylic acids is 1. The van der Waals surface area contributed by atoms with Crippen molar-refractivity contribution < 1.29 is 14.6 Å². The summed E-state index contributed by atoms with van der Waals surface area (Å²) in [5, 5.41) is 12.7. The second-order valence-corrected chi connectivity index (χ2v) is 6.68. The van der Waals surface area contributed by atoms with Crippen LogP contribution in [0.4, 0.5) is 5.69 Å². The Balaban J connectivity index is 2.31. The molecule has 138 valence electrons. The molecule has 0 saturated carbocycles. The molecule has 0 bridgehead atoms. The number of carboxylic acids is 1. The largest absolute Gasteiger partial charge is 0.478 e. The molecule has 0 radical (unpaired) electrons. The van der Waals surface area contributed by atoms with Gasteiger partial charge in [0.25, 0.3) is 0 Å². The minimum absolute atomic E-state index is 0.246. The Bertz CT molecular complexity index is 783.